The van der Waals surface area contributed by atoms with Gasteiger partial charge in [0.05, 0.1) is 20.4 Å². The molecular formula is C17H16N4O2S. The molecule has 0 saturated heterocycles. The second kappa shape index (κ2) is 7.10. The number of nitrogens with zero attached hydrogens (tertiary/aromatic N) is 3. The van der Waals surface area contributed by atoms with Crippen LogP contribution in [0, 0.1) is 4.77 Å². The Hall–Kier alpha value is -2.93. The van der Waals surface area contributed by atoms with E-state index in [-0.39, 0.29) is 0 Å². The van der Waals surface area contributed by atoms with Gasteiger partial charge < -0.3 is 9.47 Å². The first kappa shape index (κ1) is 15.9. The molecule has 3 rings (SSSR count). The largest absolute Gasteiger partial charge is 0.497 e. The molecule has 0 aliphatic carbocycles. The van der Waals surface area contributed by atoms with Gasteiger partial charge in [0, 0.05) is 5.56 Å². The summed E-state index contributed by atoms with van der Waals surface area (Å²) in [6.45, 7) is 0. The van der Waals surface area contributed by atoms with Gasteiger partial charge in [0.25, 0.3) is 0 Å². The minimum atomic E-state index is 0.422. The van der Waals surface area contributed by atoms with Crippen LogP contribution in [-0.2, 0) is 0 Å². The quantitative estimate of drug-likeness (QED) is 0.570. The third-order valence-electron chi connectivity index (χ3n) is 3.44. The van der Waals surface area contributed by atoms with Crippen molar-refractivity contribution >= 4 is 18.4 Å². The van der Waals surface area contributed by atoms with Crippen molar-refractivity contribution in [2.45, 2.75) is 0 Å². The van der Waals surface area contributed by atoms with Crippen molar-refractivity contribution in [2.75, 3.05) is 14.2 Å². The van der Waals surface area contributed by atoms with Gasteiger partial charge >= 0.3 is 0 Å². The third kappa shape index (κ3) is 3.36. The molecule has 0 saturated carbocycles. The molecule has 1 N–H and O–H groups in total. The van der Waals surface area contributed by atoms with Gasteiger partial charge in [-0.1, -0.05) is 0 Å². The molecule has 7 heteroatoms. The third-order valence-corrected chi connectivity index (χ3v) is 3.70. The standard InChI is InChI=1S/C17H16N4O2S/c1-22-14-7-3-12(4-8-14)11-18-21-16(19-20-17(21)24)13-5-9-15(23-2)10-6-13/h3-11H,1-2H3,(H,20,24)/b18-11+. The Morgan fingerprint density at radius 1 is 1.00 bits per heavy atom. The molecular weight excluding hydrogens is 324 g/mol. The average Bonchev–Trinajstić information content (AvgIpc) is 3.01. The predicted octanol–water partition coefficient (Wildman–Crippen LogP) is 3.51. The molecule has 0 unspecified atom stereocenters. The Morgan fingerprint density at radius 2 is 1.58 bits per heavy atom. The van der Waals surface area contributed by atoms with E-state index in [0.717, 1.165) is 22.6 Å². The van der Waals surface area contributed by atoms with Crippen LogP contribution < -0.4 is 9.47 Å². The maximum Gasteiger partial charge on any atom is 0.216 e. The summed E-state index contributed by atoms with van der Waals surface area (Å²) in [5, 5.41) is 11.5. The van der Waals surface area contributed by atoms with Crippen molar-refractivity contribution in [3.05, 3.63) is 58.9 Å². The maximum absolute atomic E-state index is 5.26. The predicted molar refractivity (Wildman–Crippen MR) is 95.4 cm³/mol. The van der Waals surface area contributed by atoms with Gasteiger partial charge in [-0.05, 0) is 66.3 Å². The highest BCUT2D eigenvalue weighted by Gasteiger charge is 2.08. The number of hydrogen-bond acceptors (Lipinski definition) is 5. The highest BCUT2D eigenvalue weighted by atomic mass is 32.1. The summed E-state index contributed by atoms with van der Waals surface area (Å²) >= 11 is 5.26. The van der Waals surface area contributed by atoms with Gasteiger partial charge in [0.15, 0.2) is 5.82 Å². The van der Waals surface area contributed by atoms with Crippen LogP contribution in [-0.4, -0.2) is 35.3 Å². The first-order valence-corrected chi connectivity index (χ1v) is 7.62. The number of hydrogen-bond donors (Lipinski definition) is 1. The molecule has 0 fully saturated rings. The van der Waals surface area contributed by atoms with E-state index in [2.05, 4.69) is 15.3 Å². The number of H-pyrrole nitrogens is 1. The molecule has 24 heavy (non-hydrogen) atoms. The Bertz CT molecular complexity index is 896. The number of rotatable bonds is 5. The van der Waals surface area contributed by atoms with E-state index in [9.17, 15) is 0 Å². The highest BCUT2D eigenvalue weighted by molar-refractivity contribution is 7.71. The lowest BCUT2D eigenvalue weighted by Gasteiger charge is -2.03. The zero-order chi connectivity index (χ0) is 16.9. The van der Waals surface area contributed by atoms with Crippen molar-refractivity contribution in [3.8, 4) is 22.9 Å². The van der Waals surface area contributed by atoms with E-state index in [1.165, 1.54) is 0 Å². The average molecular weight is 340 g/mol. The first-order valence-electron chi connectivity index (χ1n) is 7.21. The molecule has 0 radical (unpaired) electrons. The van der Waals surface area contributed by atoms with Crippen molar-refractivity contribution in [3.63, 3.8) is 0 Å². The number of ether oxygens (including phenoxy) is 2. The number of nitrogens with one attached hydrogen (secondary N) is 1. The Balaban J connectivity index is 1.91. The lowest BCUT2D eigenvalue weighted by atomic mass is 10.2. The number of methoxy groups -OCH3 is 2. The first-order chi connectivity index (χ1) is 11.7. The van der Waals surface area contributed by atoms with Crippen molar-refractivity contribution in [1.82, 2.24) is 14.9 Å². The van der Waals surface area contributed by atoms with E-state index >= 15 is 0 Å². The highest BCUT2D eigenvalue weighted by Crippen LogP contribution is 2.20. The molecule has 0 aliphatic heterocycles. The molecule has 0 aliphatic rings. The second-order valence-corrected chi connectivity index (χ2v) is 5.30. The normalized spacial score (nSPS) is 10.9. The van der Waals surface area contributed by atoms with Crippen molar-refractivity contribution < 1.29 is 9.47 Å². The minimum absolute atomic E-state index is 0.422. The maximum atomic E-state index is 5.26. The fraction of sp³-hybridized carbons (Fsp3) is 0.118. The van der Waals surface area contributed by atoms with Gasteiger partial charge in [-0.25, -0.2) is 5.10 Å². The molecule has 1 aromatic heterocycles. The molecule has 1 heterocycles. The molecule has 2 aromatic carbocycles. The molecule has 3 aromatic rings. The Kier molecular flexibility index (Phi) is 4.72. The van der Waals surface area contributed by atoms with E-state index in [1.807, 2.05) is 48.5 Å². The fourth-order valence-corrected chi connectivity index (χ4v) is 2.32. The van der Waals surface area contributed by atoms with E-state index < -0.39 is 0 Å². The molecule has 0 spiro atoms. The summed E-state index contributed by atoms with van der Waals surface area (Å²) in [6, 6.07) is 15.1. The smallest absolute Gasteiger partial charge is 0.216 e. The molecule has 0 amide bonds. The summed E-state index contributed by atoms with van der Waals surface area (Å²) in [5.41, 5.74) is 1.81. The van der Waals surface area contributed by atoms with Gasteiger partial charge in [-0.15, -0.1) is 0 Å². The SMILES string of the molecule is COc1ccc(/C=N/n2c(-c3ccc(OC)cc3)n[nH]c2=S)cc1. The van der Waals surface area contributed by atoms with Crippen LogP contribution in [0.2, 0.25) is 0 Å². The van der Waals surface area contributed by atoms with Gasteiger partial charge in [-0.2, -0.15) is 14.9 Å². The van der Waals surface area contributed by atoms with Crippen molar-refractivity contribution in [2.24, 2.45) is 5.10 Å². The second-order valence-electron chi connectivity index (χ2n) is 4.91. The van der Waals surface area contributed by atoms with Crippen LogP contribution in [0.3, 0.4) is 0 Å². The summed E-state index contributed by atoms with van der Waals surface area (Å²) in [7, 11) is 3.26. The van der Waals surface area contributed by atoms with Gasteiger partial charge in [-0.3, -0.25) is 0 Å². The molecule has 0 atom stereocenters. The fourth-order valence-electron chi connectivity index (χ4n) is 2.14. The van der Waals surface area contributed by atoms with Crippen molar-refractivity contribution in [1.29, 1.82) is 0 Å². The van der Waals surface area contributed by atoms with Gasteiger partial charge in [0.1, 0.15) is 11.5 Å². The lowest BCUT2D eigenvalue weighted by Crippen LogP contribution is -1.95. The minimum Gasteiger partial charge on any atom is -0.497 e. The van der Waals surface area contributed by atoms with E-state index in [0.29, 0.717) is 10.6 Å². The van der Waals surface area contributed by atoms with Crippen LogP contribution in [0.1, 0.15) is 5.56 Å². The Morgan fingerprint density at radius 3 is 2.17 bits per heavy atom. The number of aromatic nitrogens is 3. The number of aromatic amines is 1. The topological polar surface area (TPSA) is 64.4 Å². The van der Waals surface area contributed by atoms with Gasteiger partial charge in [0.2, 0.25) is 4.77 Å². The van der Waals surface area contributed by atoms with E-state index in [1.54, 1.807) is 25.1 Å². The summed E-state index contributed by atoms with van der Waals surface area (Å²) < 4.78 is 12.3. The Labute approximate surface area is 144 Å². The zero-order valence-electron chi connectivity index (χ0n) is 13.3. The molecule has 122 valence electrons. The molecule has 6 nitrogen and oxygen atoms in total. The summed E-state index contributed by atoms with van der Waals surface area (Å²) in [4.78, 5) is 0. The van der Waals surface area contributed by atoms with E-state index in [4.69, 9.17) is 21.7 Å². The van der Waals surface area contributed by atoms with Crippen LogP contribution in [0.5, 0.6) is 11.5 Å². The van der Waals surface area contributed by atoms with Crippen LogP contribution in [0.15, 0.2) is 53.6 Å². The lowest BCUT2D eigenvalue weighted by molar-refractivity contribution is 0.414. The zero-order valence-corrected chi connectivity index (χ0v) is 14.1. The summed E-state index contributed by atoms with van der Waals surface area (Å²) in [5.74, 6) is 2.21. The van der Waals surface area contributed by atoms with Crippen LogP contribution in [0.25, 0.3) is 11.4 Å². The molecule has 0 bridgehead atoms. The van der Waals surface area contributed by atoms with Crippen LogP contribution >= 0.6 is 12.2 Å². The number of benzene rings is 2. The monoisotopic (exact) mass is 340 g/mol. The summed E-state index contributed by atoms with van der Waals surface area (Å²) in [6.07, 6.45) is 1.72. The van der Waals surface area contributed by atoms with Crippen LogP contribution in [0.4, 0.5) is 0 Å².